The maximum Gasteiger partial charge on any atom is 0.323 e. The minimum Gasteiger partial charge on any atom is -0.339 e. The monoisotopic (exact) mass is 383 g/mol. The number of likely N-dealkylation sites (tertiary alicyclic amines) is 1. The van der Waals surface area contributed by atoms with Gasteiger partial charge in [-0.1, -0.05) is 53.7 Å². The third-order valence-corrected chi connectivity index (χ3v) is 5.60. The largest absolute Gasteiger partial charge is 0.339 e. The van der Waals surface area contributed by atoms with Crippen LogP contribution in [0.5, 0.6) is 0 Å². The molecule has 1 aromatic carbocycles. The first-order chi connectivity index (χ1) is 13.2. The van der Waals surface area contributed by atoms with E-state index in [9.17, 15) is 4.79 Å². The van der Waals surface area contributed by atoms with Gasteiger partial charge in [0, 0.05) is 31.6 Å². The summed E-state index contributed by atoms with van der Waals surface area (Å²) < 4.78 is 5.21. The molecule has 2 amide bonds. The van der Waals surface area contributed by atoms with Crippen molar-refractivity contribution in [1.29, 1.82) is 0 Å². The van der Waals surface area contributed by atoms with E-state index in [4.69, 9.17) is 4.52 Å². The second kappa shape index (κ2) is 7.87. The van der Waals surface area contributed by atoms with Crippen LogP contribution in [0.3, 0.4) is 0 Å². The van der Waals surface area contributed by atoms with Crippen LogP contribution in [0.1, 0.15) is 37.4 Å². The molecule has 140 valence electrons. The smallest absolute Gasteiger partial charge is 0.323 e. The van der Waals surface area contributed by atoms with Crippen molar-refractivity contribution in [2.75, 3.05) is 18.4 Å². The average molecular weight is 383 g/mol. The van der Waals surface area contributed by atoms with E-state index in [0.717, 1.165) is 36.2 Å². The van der Waals surface area contributed by atoms with Gasteiger partial charge in [0.15, 0.2) is 11.0 Å². The second-order valence-corrected chi connectivity index (χ2v) is 7.54. The topological polar surface area (TPSA) is 84.2 Å². The molecule has 1 aliphatic heterocycles. The minimum absolute atomic E-state index is 0.115. The number of amides is 2. The number of aryl methyl sites for hydroxylation is 1. The van der Waals surface area contributed by atoms with E-state index in [1.165, 1.54) is 11.3 Å². The molecule has 1 aliphatic rings. The Bertz CT molecular complexity index is 908. The van der Waals surface area contributed by atoms with Crippen molar-refractivity contribution in [1.82, 2.24) is 20.0 Å². The summed E-state index contributed by atoms with van der Waals surface area (Å²) in [4.78, 5) is 24.3. The molecule has 0 radical (unpaired) electrons. The lowest BCUT2D eigenvalue weighted by Gasteiger charge is -2.30. The van der Waals surface area contributed by atoms with Gasteiger partial charge in [-0.25, -0.2) is 9.78 Å². The van der Waals surface area contributed by atoms with Gasteiger partial charge in [-0.05, 0) is 18.4 Å². The quantitative estimate of drug-likeness (QED) is 0.731. The van der Waals surface area contributed by atoms with Gasteiger partial charge in [0.2, 0.25) is 5.89 Å². The van der Waals surface area contributed by atoms with E-state index in [0.29, 0.717) is 23.4 Å². The SMILES string of the molecule is CCc1nc([C@H]2CCCN(C(=O)Nc3ncc(-c4ccccc4)s3)C2)no1. The summed E-state index contributed by atoms with van der Waals surface area (Å²) in [6, 6.07) is 9.89. The third-order valence-electron chi connectivity index (χ3n) is 4.64. The van der Waals surface area contributed by atoms with Crippen molar-refractivity contribution in [3.8, 4) is 10.4 Å². The van der Waals surface area contributed by atoms with Crippen LogP contribution in [-0.4, -0.2) is 39.1 Å². The van der Waals surface area contributed by atoms with E-state index in [1.807, 2.05) is 37.3 Å². The number of piperidine rings is 1. The van der Waals surface area contributed by atoms with Crippen LogP contribution in [-0.2, 0) is 6.42 Å². The Morgan fingerprint density at radius 3 is 3.00 bits per heavy atom. The predicted octanol–water partition coefficient (Wildman–Crippen LogP) is 4.17. The summed E-state index contributed by atoms with van der Waals surface area (Å²) in [5.41, 5.74) is 1.09. The minimum atomic E-state index is -0.132. The lowest BCUT2D eigenvalue weighted by molar-refractivity contribution is 0.190. The molecule has 1 fully saturated rings. The molecule has 0 saturated carbocycles. The van der Waals surface area contributed by atoms with Crippen LogP contribution in [0.4, 0.5) is 9.93 Å². The van der Waals surface area contributed by atoms with Gasteiger partial charge in [-0.15, -0.1) is 0 Å². The predicted molar refractivity (Wildman–Crippen MR) is 104 cm³/mol. The van der Waals surface area contributed by atoms with E-state index in [2.05, 4.69) is 20.4 Å². The highest BCUT2D eigenvalue weighted by Gasteiger charge is 2.28. The number of hydrogen-bond donors (Lipinski definition) is 1. The number of benzene rings is 1. The van der Waals surface area contributed by atoms with Crippen LogP contribution in [0.25, 0.3) is 10.4 Å². The van der Waals surface area contributed by atoms with Crippen molar-refractivity contribution in [2.24, 2.45) is 0 Å². The number of hydrogen-bond acceptors (Lipinski definition) is 6. The zero-order valence-corrected chi connectivity index (χ0v) is 15.9. The zero-order valence-electron chi connectivity index (χ0n) is 15.1. The standard InChI is InChI=1S/C19H21N5O2S/c1-2-16-21-17(23-26-16)14-9-6-10-24(12-14)19(25)22-18-20-11-15(27-18)13-7-4-3-5-8-13/h3-5,7-8,11,14H,2,6,9-10,12H2,1H3,(H,20,22,25)/t14-/m0/s1. The molecule has 1 saturated heterocycles. The summed E-state index contributed by atoms with van der Waals surface area (Å²) >= 11 is 1.47. The summed E-state index contributed by atoms with van der Waals surface area (Å²) in [7, 11) is 0. The van der Waals surface area contributed by atoms with Gasteiger partial charge in [0.1, 0.15) is 0 Å². The molecule has 8 heteroatoms. The number of nitrogens with one attached hydrogen (secondary N) is 1. The Morgan fingerprint density at radius 1 is 1.37 bits per heavy atom. The molecule has 3 aromatic rings. The van der Waals surface area contributed by atoms with Crippen LogP contribution in [0.15, 0.2) is 41.1 Å². The molecule has 0 bridgehead atoms. The lowest BCUT2D eigenvalue weighted by atomic mass is 9.98. The fourth-order valence-electron chi connectivity index (χ4n) is 3.19. The first-order valence-electron chi connectivity index (χ1n) is 9.12. The van der Waals surface area contributed by atoms with Crippen molar-refractivity contribution < 1.29 is 9.32 Å². The Balaban J connectivity index is 1.40. The first kappa shape index (κ1) is 17.7. The normalized spacial score (nSPS) is 17.1. The molecule has 0 unspecified atom stereocenters. The Labute approximate surface area is 161 Å². The summed E-state index contributed by atoms with van der Waals surface area (Å²) in [5, 5.41) is 7.60. The molecular weight excluding hydrogens is 362 g/mol. The summed E-state index contributed by atoms with van der Waals surface area (Å²) in [6.07, 6.45) is 4.39. The van der Waals surface area contributed by atoms with E-state index >= 15 is 0 Å². The molecule has 1 atom stereocenters. The highest BCUT2D eigenvalue weighted by molar-refractivity contribution is 7.19. The van der Waals surface area contributed by atoms with Gasteiger partial charge < -0.3 is 9.42 Å². The number of urea groups is 1. The molecule has 4 rings (SSSR count). The number of anilines is 1. The fourth-order valence-corrected chi connectivity index (χ4v) is 4.00. The molecule has 1 N–H and O–H groups in total. The molecular formula is C19H21N5O2S. The number of aromatic nitrogens is 3. The van der Waals surface area contributed by atoms with Crippen LogP contribution < -0.4 is 5.32 Å². The van der Waals surface area contributed by atoms with Crippen LogP contribution >= 0.6 is 11.3 Å². The van der Waals surface area contributed by atoms with Crippen LogP contribution in [0.2, 0.25) is 0 Å². The van der Waals surface area contributed by atoms with Gasteiger partial charge in [0.05, 0.1) is 4.88 Å². The number of carbonyl (C=O) groups is 1. The second-order valence-electron chi connectivity index (χ2n) is 6.51. The summed E-state index contributed by atoms with van der Waals surface area (Å²) in [5.74, 6) is 1.46. The number of nitrogens with zero attached hydrogens (tertiary/aromatic N) is 4. The highest BCUT2D eigenvalue weighted by atomic mass is 32.1. The average Bonchev–Trinajstić information content (AvgIpc) is 3.38. The fraction of sp³-hybridized carbons (Fsp3) is 0.368. The van der Waals surface area contributed by atoms with Gasteiger partial charge in [-0.3, -0.25) is 5.32 Å². The van der Waals surface area contributed by atoms with Crippen molar-refractivity contribution in [3.63, 3.8) is 0 Å². The Kier molecular flexibility index (Phi) is 5.15. The maximum absolute atomic E-state index is 12.7. The van der Waals surface area contributed by atoms with Crippen molar-refractivity contribution in [2.45, 2.75) is 32.1 Å². The molecule has 0 spiro atoms. The highest BCUT2D eigenvalue weighted by Crippen LogP contribution is 2.30. The maximum atomic E-state index is 12.7. The molecule has 7 nitrogen and oxygen atoms in total. The molecule has 27 heavy (non-hydrogen) atoms. The molecule has 3 heterocycles. The third kappa shape index (κ3) is 4.00. The van der Waals surface area contributed by atoms with Gasteiger partial charge in [-0.2, -0.15) is 4.98 Å². The Morgan fingerprint density at radius 2 is 2.22 bits per heavy atom. The van der Waals surface area contributed by atoms with E-state index in [-0.39, 0.29) is 11.9 Å². The first-order valence-corrected chi connectivity index (χ1v) is 9.94. The zero-order chi connectivity index (χ0) is 18.6. The van der Waals surface area contributed by atoms with E-state index in [1.54, 1.807) is 11.1 Å². The van der Waals surface area contributed by atoms with Crippen molar-refractivity contribution in [3.05, 3.63) is 48.2 Å². The van der Waals surface area contributed by atoms with Gasteiger partial charge in [0.25, 0.3) is 0 Å². The van der Waals surface area contributed by atoms with Gasteiger partial charge >= 0.3 is 6.03 Å². The molecule has 0 aliphatic carbocycles. The number of rotatable bonds is 4. The number of thiazole rings is 1. The lowest BCUT2D eigenvalue weighted by Crippen LogP contribution is -2.41. The Hall–Kier alpha value is -2.74. The van der Waals surface area contributed by atoms with Crippen molar-refractivity contribution >= 4 is 22.5 Å². The molecule has 2 aromatic heterocycles. The van der Waals surface area contributed by atoms with E-state index < -0.39 is 0 Å². The van der Waals surface area contributed by atoms with Crippen LogP contribution in [0, 0.1) is 0 Å². The number of carbonyl (C=O) groups excluding carboxylic acids is 1. The summed E-state index contributed by atoms with van der Waals surface area (Å²) in [6.45, 7) is 3.29.